The van der Waals surface area contributed by atoms with Crippen LogP contribution in [0.4, 0.5) is 5.69 Å². The lowest BCUT2D eigenvalue weighted by Crippen LogP contribution is -2.14. The number of rotatable bonds is 13. The van der Waals surface area contributed by atoms with Crippen LogP contribution < -0.4 is 4.90 Å². The quantitative estimate of drug-likeness (QED) is 0.0874. The molecular weight excluding hydrogens is 651 g/mol. The number of aryl methyl sites for hydroxylation is 1. The Morgan fingerprint density at radius 1 is 0.759 bits per heavy atom. The van der Waals surface area contributed by atoms with Gasteiger partial charge in [-0.2, -0.15) is 0 Å². The minimum Gasteiger partial charge on any atom is -0.317 e. The van der Waals surface area contributed by atoms with Crippen molar-refractivity contribution in [1.29, 1.82) is 0 Å². The van der Waals surface area contributed by atoms with Crippen LogP contribution in [0.25, 0.3) is 22.8 Å². The third-order valence-corrected chi connectivity index (χ3v) is 10.3. The van der Waals surface area contributed by atoms with Gasteiger partial charge in [-0.3, -0.25) is 0 Å². The zero-order valence-electron chi connectivity index (χ0n) is 31.6. The van der Waals surface area contributed by atoms with Crippen molar-refractivity contribution in [3.63, 3.8) is 0 Å². The van der Waals surface area contributed by atoms with Crippen LogP contribution in [0.15, 0.2) is 216 Å². The highest BCUT2D eigenvalue weighted by atomic mass is 15.1. The molecule has 0 saturated heterocycles. The molecule has 0 bridgehead atoms. The Bertz CT molecular complexity index is 2430. The first kappa shape index (κ1) is 36.0. The van der Waals surface area contributed by atoms with Gasteiger partial charge in [-0.15, -0.1) is 5.73 Å². The van der Waals surface area contributed by atoms with Crippen molar-refractivity contribution in [2.45, 2.75) is 40.0 Å². The minimum atomic E-state index is 0.899. The second-order valence-electron chi connectivity index (χ2n) is 13.9. The first-order valence-electron chi connectivity index (χ1n) is 18.9. The summed E-state index contributed by atoms with van der Waals surface area (Å²) >= 11 is 0. The summed E-state index contributed by atoms with van der Waals surface area (Å²) in [6.07, 6.45) is 30.5. The monoisotopic (exact) mass is 697 g/mol. The summed E-state index contributed by atoms with van der Waals surface area (Å²) < 4.78 is 0. The molecule has 1 nitrogen and oxygen atoms in total. The zero-order chi connectivity index (χ0) is 37.4. The molecule has 0 spiro atoms. The smallest absolute Gasteiger partial charge is 0.0455 e. The summed E-state index contributed by atoms with van der Waals surface area (Å²) in [5.41, 5.74) is 23.5. The Kier molecular flexibility index (Phi) is 11.0. The van der Waals surface area contributed by atoms with E-state index in [1.165, 1.54) is 66.8 Å². The molecule has 1 heteroatoms. The van der Waals surface area contributed by atoms with E-state index in [-0.39, 0.29) is 0 Å². The van der Waals surface area contributed by atoms with Crippen LogP contribution in [0.3, 0.4) is 0 Å². The third kappa shape index (κ3) is 7.55. The Hall–Kier alpha value is -6.40. The Morgan fingerprint density at radius 3 is 2.17 bits per heavy atom. The maximum absolute atomic E-state index is 4.07. The van der Waals surface area contributed by atoms with Crippen molar-refractivity contribution >= 4 is 17.3 Å². The summed E-state index contributed by atoms with van der Waals surface area (Å²) in [5, 5.41) is 0. The molecule has 3 aliphatic carbocycles. The standard InChI is InChI=1S/C53H47N/c1-6-15-40(26-27-42-28-31-51-49-22-13-11-18-44(49)36-52(42)51)41(16-7-2)32-33-54(46-29-24-38(5)25-30-46)47(17-8-3)35-39(9-4)34-43-20-14-23-50-48-21-12-10-19-45(48)37-53(43)50/h6-8,10-30,32-35H,1-2,9,36-37H2,3-5H3/b17-8-,27-26?,33-32-,39-34+,40-15+,41-16+,47-35+. The molecule has 0 amide bonds. The second-order valence-corrected chi connectivity index (χ2v) is 13.9. The molecule has 0 N–H and O–H groups in total. The van der Waals surface area contributed by atoms with Crippen LogP contribution in [-0.2, 0) is 12.8 Å². The van der Waals surface area contributed by atoms with Gasteiger partial charge in [0, 0.05) is 23.2 Å². The van der Waals surface area contributed by atoms with Crippen LogP contribution in [-0.4, -0.2) is 0 Å². The molecule has 0 fully saturated rings. The third-order valence-electron chi connectivity index (χ3n) is 10.3. The van der Waals surface area contributed by atoms with Gasteiger partial charge >= 0.3 is 0 Å². The van der Waals surface area contributed by atoms with E-state index in [1.54, 1.807) is 0 Å². The number of allylic oxidation sites excluding steroid dienone is 16. The number of benzene rings is 4. The van der Waals surface area contributed by atoms with Crippen molar-refractivity contribution in [2.75, 3.05) is 4.90 Å². The minimum absolute atomic E-state index is 0.899. The van der Waals surface area contributed by atoms with Gasteiger partial charge < -0.3 is 4.90 Å². The first-order chi connectivity index (χ1) is 26.5. The van der Waals surface area contributed by atoms with E-state index in [2.05, 4.69) is 203 Å². The maximum atomic E-state index is 4.07. The highest BCUT2D eigenvalue weighted by Gasteiger charge is 2.25. The SMILES string of the molecule is C=C/C=C(C=CC1=C2Cc3ccccc3C2=C=C1)/C(/C=C\N(C(/C=C\C)=C/C(=C/c1cccc2c1Cc1ccccc1-2)CC)c1ccc(C)cc1)=C/C=C. The van der Waals surface area contributed by atoms with Crippen LogP contribution in [0.2, 0.25) is 0 Å². The van der Waals surface area contributed by atoms with Gasteiger partial charge in [-0.05, 0) is 136 Å². The van der Waals surface area contributed by atoms with Gasteiger partial charge in [0.05, 0.1) is 0 Å². The molecule has 0 saturated carbocycles. The predicted molar refractivity (Wildman–Crippen MR) is 233 cm³/mol. The van der Waals surface area contributed by atoms with E-state index >= 15 is 0 Å². The predicted octanol–water partition coefficient (Wildman–Crippen LogP) is 13.7. The van der Waals surface area contributed by atoms with Gasteiger partial charge in [0.1, 0.15) is 0 Å². The maximum Gasteiger partial charge on any atom is 0.0455 e. The van der Waals surface area contributed by atoms with E-state index in [9.17, 15) is 0 Å². The molecule has 0 radical (unpaired) electrons. The summed E-state index contributed by atoms with van der Waals surface area (Å²) in [6.45, 7) is 14.6. The first-order valence-corrected chi connectivity index (χ1v) is 18.9. The molecule has 264 valence electrons. The topological polar surface area (TPSA) is 3.24 Å². The molecule has 0 heterocycles. The van der Waals surface area contributed by atoms with Gasteiger partial charge in [0.25, 0.3) is 0 Å². The second kappa shape index (κ2) is 16.5. The molecule has 0 unspecified atom stereocenters. The van der Waals surface area contributed by atoms with Crippen molar-refractivity contribution in [2.24, 2.45) is 0 Å². The number of hydrogen-bond donors (Lipinski definition) is 0. The number of hydrogen-bond acceptors (Lipinski definition) is 1. The Labute approximate surface area is 322 Å². The molecule has 4 aromatic rings. The average Bonchev–Trinajstić information content (AvgIpc) is 3.89. The van der Waals surface area contributed by atoms with Crippen molar-refractivity contribution < 1.29 is 0 Å². The molecule has 0 atom stereocenters. The highest BCUT2D eigenvalue weighted by Crippen LogP contribution is 2.41. The molecule has 4 aromatic carbocycles. The van der Waals surface area contributed by atoms with Crippen LogP contribution in [0.5, 0.6) is 0 Å². The summed E-state index contributed by atoms with van der Waals surface area (Å²) in [7, 11) is 0. The molecular formula is C53H47N. The summed E-state index contributed by atoms with van der Waals surface area (Å²) in [5.74, 6) is 0. The Morgan fingerprint density at radius 2 is 1.44 bits per heavy atom. The zero-order valence-corrected chi connectivity index (χ0v) is 31.6. The van der Waals surface area contributed by atoms with Gasteiger partial charge in [0.2, 0.25) is 0 Å². The lowest BCUT2D eigenvalue weighted by Gasteiger charge is -2.23. The average molecular weight is 698 g/mol. The van der Waals surface area contributed by atoms with Crippen LogP contribution in [0, 0.1) is 6.92 Å². The lowest BCUT2D eigenvalue weighted by molar-refractivity contribution is 1.13. The van der Waals surface area contributed by atoms with Crippen LogP contribution >= 0.6 is 0 Å². The normalized spacial score (nSPS) is 15.3. The van der Waals surface area contributed by atoms with E-state index in [0.717, 1.165) is 41.8 Å². The molecule has 3 aliphatic rings. The van der Waals surface area contributed by atoms with Gasteiger partial charge in [-0.1, -0.05) is 153 Å². The number of fused-ring (bicyclic) bond motifs is 6. The van der Waals surface area contributed by atoms with Gasteiger partial charge in [0.15, 0.2) is 0 Å². The highest BCUT2D eigenvalue weighted by molar-refractivity contribution is 5.90. The summed E-state index contributed by atoms with van der Waals surface area (Å²) in [6, 6.07) is 32.9. The fourth-order valence-corrected chi connectivity index (χ4v) is 7.59. The largest absolute Gasteiger partial charge is 0.317 e. The van der Waals surface area contributed by atoms with Crippen molar-refractivity contribution in [3.05, 3.63) is 250 Å². The van der Waals surface area contributed by atoms with E-state index in [0.29, 0.717) is 0 Å². The number of anilines is 1. The van der Waals surface area contributed by atoms with E-state index < -0.39 is 0 Å². The molecule has 0 aliphatic heterocycles. The molecule has 0 aromatic heterocycles. The molecule has 7 rings (SSSR count). The van der Waals surface area contributed by atoms with Crippen molar-refractivity contribution in [3.8, 4) is 11.1 Å². The Balaban J connectivity index is 1.24. The van der Waals surface area contributed by atoms with E-state index in [1.807, 2.05) is 12.2 Å². The van der Waals surface area contributed by atoms with Crippen molar-refractivity contribution in [1.82, 2.24) is 0 Å². The lowest BCUT2D eigenvalue weighted by atomic mass is 9.98. The van der Waals surface area contributed by atoms with Crippen LogP contribution in [0.1, 0.15) is 53.6 Å². The fourth-order valence-electron chi connectivity index (χ4n) is 7.59. The fraction of sp³-hybridized carbons (Fsp3) is 0.113. The van der Waals surface area contributed by atoms with Gasteiger partial charge in [-0.25, -0.2) is 0 Å². The van der Waals surface area contributed by atoms with E-state index in [4.69, 9.17) is 0 Å². The summed E-state index contributed by atoms with van der Waals surface area (Å²) in [4.78, 5) is 2.27. The number of nitrogens with zero attached hydrogens (tertiary/aromatic N) is 1. The molecule has 54 heavy (non-hydrogen) atoms.